The Bertz CT molecular complexity index is 1160. The van der Waals surface area contributed by atoms with Gasteiger partial charge in [0, 0.05) is 62.8 Å². The standard InChI is InChI=1S/C29H34N6O2/c1-34(19-15-23-9-3-5-17-30-23)21-25-11-7-13-27(32-25)29(36,37)28-14-8-12-26(33-28)22-35(2)20-16-24-10-4-6-18-31-24/h3-14,17-18,36-37H,15-16,19-22H2,1-2H3. The van der Waals surface area contributed by atoms with Crippen molar-refractivity contribution in [2.45, 2.75) is 31.7 Å². The Kier molecular flexibility index (Phi) is 9.03. The molecular weight excluding hydrogens is 464 g/mol. The first-order valence-corrected chi connectivity index (χ1v) is 12.4. The van der Waals surface area contributed by atoms with Crippen molar-refractivity contribution in [3.05, 3.63) is 119 Å². The van der Waals surface area contributed by atoms with Crippen LogP contribution in [0.25, 0.3) is 0 Å². The summed E-state index contributed by atoms with van der Waals surface area (Å²) >= 11 is 0. The molecule has 0 aliphatic heterocycles. The van der Waals surface area contributed by atoms with Crippen molar-refractivity contribution in [1.82, 2.24) is 29.7 Å². The summed E-state index contributed by atoms with van der Waals surface area (Å²) in [5.41, 5.74) is 3.87. The van der Waals surface area contributed by atoms with Gasteiger partial charge < -0.3 is 20.0 Å². The monoisotopic (exact) mass is 498 g/mol. The van der Waals surface area contributed by atoms with E-state index in [0.717, 1.165) is 48.7 Å². The average Bonchev–Trinajstić information content (AvgIpc) is 2.92. The third kappa shape index (κ3) is 7.71. The minimum atomic E-state index is -2.30. The number of rotatable bonds is 12. The Morgan fingerprint density at radius 3 is 1.43 bits per heavy atom. The van der Waals surface area contributed by atoms with E-state index in [9.17, 15) is 10.2 Å². The molecular formula is C29H34N6O2. The van der Waals surface area contributed by atoms with E-state index in [1.807, 2.05) is 62.6 Å². The van der Waals surface area contributed by atoms with E-state index in [4.69, 9.17) is 0 Å². The summed E-state index contributed by atoms with van der Waals surface area (Å²) in [5, 5.41) is 22.1. The van der Waals surface area contributed by atoms with Crippen LogP contribution >= 0.6 is 0 Å². The molecule has 192 valence electrons. The molecule has 0 saturated carbocycles. The molecule has 8 heteroatoms. The lowest BCUT2D eigenvalue weighted by Crippen LogP contribution is -2.31. The molecule has 0 aliphatic rings. The fourth-order valence-corrected chi connectivity index (χ4v) is 4.07. The van der Waals surface area contributed by atoms with Crippen molar-refractivity contribution >= 4 is 0 Å². The number of hydrogen-bond donors (Lipinski definition) is 2. The number of aromatic nitrogens is 4. The fourth-order valence-electron chi connectivity index (χ4n) is 4.07. The summed E-state index contributed by atoms with van der Waals surface area (Å²) in [6.45, 7) is 2.77. The van der Waals surface area contributed by atoms with Crippen molar-refractivity contribution in [3.8, 4) is 0 Å². The van der Waals surface area contributed by atoms with Crippen LogP contribution in [0.15, 0.2) is 85.2 Å². The van der Waals surface area contributed by atoms with Crippen LogP contribution in [-0.2, 0) is 31.7 Å². The molecule has 0 radical (unpaired) electrons. The second-order valence-electron chi connectivity index (χ2n) is 9.32. The first-order chi connectivity index (χ1) is 17.9. The van der Waals surface area contributed by atoms with Crippen LogP contribution < -0.4 is 0 Å². The number of aliphatic hydroxyl groups is 2. The number of pyridine rings is 4. The maximum Gasteiger partial charge on any atom is 0.252 e. The summed E-state index contributed by atoms with van der Waals surface area (Å²) in [7, 11) is 4.02. The Morgan fingerprint density at radius 1 is 0.595 bits per heavy atom. The SMILES string of the molecule is CN(CCc1ccccn1)Cc1cccc(C(O)(O)c2cccc(CN(C)CCc3ccccn3)n2)n1. The van der Waals surface area contributed by atoms with Gasteiger partial charge in [0.2, 0.25) is 0 Å². The van der Waals surface area contributed by atoms with Crippen LogP contribution in [0, 0.1) is 0 Å². The lowest BCUT2D eigenvalue weighted by atomic mass is 10.1. The highest BCUT2D eigenvalue weighted by Gasteiger charge is 2.32. The van der Waals surface area contributed by atoms with E-state index in [-0.39, 0.29) is 11.4 Å². The summed E-state index contributed by atoms with van der Waals surface area (Å²) in [5.74, 6) is -2.30. The first kappa shape index (κ1) is 26.5. The van der Waals surface area contributed by atoms with Gasteiger partial charge in [-0.1, -0.05) is 24.3 Å². The lowest BCUT2D eigenvalue weighted by Gasteiger charge is -2.23. The number of hydrogen-bond acceptors (Lipinski definition) is 8. The summed E-state index contributed by atoms with van der Waals surface area (Å²) in [6.07, 6.45) is 5.25. The van der Waals surface area contributed by atoms with Gasteiger partial charge in [-0.05, 0) is 62.6 Å². The van der Waals surface area contributed by atoms with Crippen LogP contribution in [0.3, 0.4) is 0 Å². The van der Waals surface area contributed by atoms with Gasteiger partial charge in [-0.3, -0.25) is 19.9 Å². The molecule has 0 bridgehead atoms. The lowest BCUT2D eigenvalue weighted by molar-refractivity contribution is -0.138. The Labute approximate surface area is 218 Å². The van der Waals surface area contributed by atoms with Gasteiger partial charge in [0.05, 0.1) is 11.4 Å². The second-order valence-corrected chi connectivity index (χ2v) is 9.32. The maximum atomic E-state index is 11.1. The van der Waals surface area contributed by atoms with Crippen LogP contribution in [0.4, 0.5) is 0 Å². The van der Waals surface area contributed by atoms with Gasteiger partial charge >= 0.3 is 0 Å². The van der Waals surface area contributed by atoms with Crippen molar-refractivity contribution in [2.24, 2.45) is 0 Å². The maximum absolute atomic E-state index is 11.1. The largest absolute Gasteiger partial charge is 0.356 e. The minimum Gasteiger partial charge on any atom is -0.356 e. The molecule has 0 aromatic carbocycles. The topological polar surface area (TPSA) is 98.5 Å². The predicted molar refractivity (Wildman–Crippen MR) is 142 cm³/mol. The zero-order valence-electron chi connectivity index (χ0n) is 21.4. The van der Waals surface area contributed by atoms with Gasteiger partial charge in [0.1, 0.15) is 11.4 Å². The normalized spacial score (nSPS) is 11.8. The van der Waals surface area contributed by atoms with Crippen LogP contribution in [-0.4, -0.2) is 67.1 Å². The predicted octanol–water partition coefficient (Wildman–Crippen LogP) is 2.80. The molecule has 4 heterocycles. The molecule has 4 aromatic heterocycles. The molecule has 0 unspecified atom stereocenters. The van der Waals surface area contributed by atoms with E-state index >= 15 is 0 Å². The third-order valence-corrected chi connectivity index (χ3v) is 6.14. The molecule has 0 saturated heterocycles. The highest BCUT2D eigenvalue weighted by atomic mass is 16.5. The van der Waals surface area contributed by atoms with Crippen molar-refractivity contribution in [2.75, 3.05) is 27.2 Å². The molecule has 0 spiro atoms. The van der Waals surface area contributed by atoms with Gasteiger partial charge in [-0.15, -0.1) is 0 Å². The molecule has 0 amide bonds. The van der Waals surface area contributed by atoms with E-state index < -0.39 is 5.79 Å². The van der Waals surface area contributed by atoms with Crippen LogP contribution in [0.5, 0.6) is 0 Å². The number of likely N-dealkylation sites (N-methyl/N-ethyl adjacent to an activating group) is 2. The molecule has 0 fully saturated rings. The highest BCUT2D eigenvalue weighted by molar-refractivity contribution is 5.26. The van der Waals surface area contributed by atoms with Gasteiger partial charge in [-0.2, -0.15) is 0 Å². The van der Waals surface area contributed by atoms with Gasteiger partial charge in [-0.25, -0.2) is 0 Å². The van der Waals surface area contributed by atoms with Crippen molar-refractivity contribution in [3.63, 3.8) is 0 Å². The summed E-state index contributed by atoms with van der Waals surface area (Å²) < 4.78 is 0. The Hall–Kier alpha value is -3.56. The Balaban J connectivity index is 1.38. The van der Waals surface area contributed by atoms with Crippen LogP contribution in [0.1, 0.15) is 34.2 Å². The van der Waals surface area contributed by atoms with Crippen molar-refractivity contribution in [1.29, 1.82) is 0 Å². The molecule has 4 aromatic rings. The molecule has 0 aliphatic carbocycles. The summed E-state index contributed by atoms with van der Waals surface area (Å²) in [6, 6.07) is 22.4. The first-order valence-electron chi connectivity index (χ1n) is 12.4. The molecule has 2 N–H and O–H groups in total. The second kappa shape index (κ2) is 12.6. The van der Waals surface area contributed by atoms with E-state index in [1.54, 1.807) is 36.7 Å². The third-order valence-electron chi connectivity index (χ3n) is 6.14. The van der Waals surface area contributed by atoms with E-state index in [2.05, 4.69) is 29.7 Å². The molecule has 4 rings (SSSR count). The molecule has 8 nitrogen and oxygen atoms in total. The number of nitrogens with zero attached hydrogens (tertiary/aromatic N) is 6. The Morgan fingerprint density at radius 2 is 1.03 bits per heavy atom. The van der Waals surface area contributed by atoms with Gasteiger partial charge in [0.15, 0.2) is 0 Å². The van der Waals surface area contributed by atoms with Crippen LogP contribution in [0.2, 0.25) is 0 Å². The smallest absolute Gasteiger partial charge is 0.252 e. The molecule has 37 heavy (non-hydrogen) atoms. The minimum absolute atomic E-state index is 0.149. The zero-order chi connectivity index (χ0) is 26.1. The van der Waals surface area contributed by atoms with Crippen molar-refractivity contribution < 1.29 is 10.2 Å². The quantitative estimate of drug-likeness (QED) is 0.288. The highest BCUT2D eigenvalue weighted by Crippen LogP contribution is 2.24. The fraction of sp³-hybridized carbons (Fsp3) is 0.310. The van der Waals surface area contributed by atoms with E-state index in [1.165, 1.54) is 0 Å². The van der Waals surface area contributed by atoms with E-state index in [0.29, 0.717) is 13.1 Å². The van der Waals surface area contributed by atoms with Gasteiger partial charge in [0.25, 0.3) is 5.79 Å². The average molecular weight is 499 g/mol. The zero-order valence-corrected chi connectivity index (χ0v) is 21.4. The summed E-state index contributed by atoms with van der Waals surface area (Å²) in [4.78, 5) is 22.1. The molecule has 0 atom stereocenters.